The summed E-state index contributed by atoms with van der Waals surface area (Å²) in [4.78, 5) is 23.5. The molecule has 5 atom stereocenters. The smallest absolute Gasteiger partial charge is 0.302 e. The van der Waals surface area contributed by atoms with Gasteiger partial charge >= 0.3 is 5.97 Å². The SMILES string of the molecule is CC(=O)OCC1OC(Oc2ccc(C(=O)C=Cc3ccc(O)cc3)c(O)c2O)C(O)C(O)C1O. The van der Waals surface area contributed by atoms with Crippen molar-refractivity contribution in [3.63, 3.8) is 0 Å². The molecule has 1 aliphatic rings. The zero-order chi connectivity index (χ0) is 25.0. The zero-order valence-electron chi connectivity index (χ0n) is 17.9. The fourth-order valence-electron chi connectivity index (χ4n) is 3.18. The van der Waals surface area contributed by atoms with Crippen molar-refractivity contribution in [1.82, 2.24) is 0 Å². The summed E-state index contributed by atoms with van der Waals surface area (Å²) in [5.41, 5.74) is 0.371. The molecule has 0 spiro atoms. The third-order valence-electron chi connectivity index (χ3n) is 5.06. The molecular formula is C23H24O11. The predicted molar refractivity (Wildman–Crippen MR) is 115 cm³/mol. The summed E-state index contributed by atoms with van der Waals surface area (Å²) in [5, 5.41) is 60.2. The van der Waals surface area contributed by atoms with Gasteiger partial charge in [-0.25, -0.2) is 0 Å². The van der Waals surface area contributed by atoms with Crippen LogP contribution in [0.4, 0.5) is 0 Å². The van der Waals surface area contributed by atoms with Crippen molar-refractivity contribution in [2.75, 3.05) is 6.61 Å². The Labute approximate surface area is 193 Å². The average Bonchev–Trinajstić information content (AvgIpc) is 2.80. The van der Waals surface area contributed by atoms with Gasteiger partial charge in [0.05, 0.1) is 5.56 Å². The van der Waals surface area contributed by atoms with Gasteiger partial charge < -0.3 is 44.8 Å². The maximum atomic E-state index is 12.4. The van der Waals surface area contributed by atoms with Gasteiger partial charge in [0.2, 0.25) is 12.0 Å². The highest BCUT2D eigenvalue weighted by Crippen LogP contribution is 2.40. The van der Waals surface area contributed by atoms with Crippen molar-refractivity contribution in [3.05, 3.63) is 53.6 Å². The van der Waals surface area contributed by atoms with Gasteiger partial charge in [-0.3, -0.25) is 9.59 Å². The molecule has 0 aliphatic carbocycles. The van der Waals surface area contributed by atoms with Crippen molar-refractivity contribution >= 4 is 17.8 Å². The van der Waals surface area contributed by atoms with E-state index in [4.69, 9.17) is 14.2 Å². The van der Waals surface area contributed by atoms with Crippen molar-refractivity contribution in [1.29, 1.82) is 0 Å². The van der Waals surface area contributed by atoms with E-state index >= 15 is 0 Å². The highest BCUT2D eigenvalue weighted by atomic mass is 16.7. The van der Waals surface area contributed by atoms with Gasteiger partial charge in [0.15, 0.2) is 17.3 Å². The molecule has 0 amide bonds. The predicted octanol–water partition coefficient (Wildman–Crippen LogP) is 0.449. The van der Waals surface area contributed by atoms with Crippen LogP contribution in [-0.4, -0.2) is 79.7 Å². The number of aromatic hydroxyl groups is 3. The number of phenolic OH excluding ortho intramolecular Hbond substituents is 3. The summed E-state index contributed by atoms with van der Waals surface area (Å²) in [7, 11) is 0. The summed E-state index contributed by atoms with van der Waals surface area (Å²) in [6.07, 6.45) is -5.30. The van der Waals surface area contributed by atoms with E-state index < -0.39 is 60.6 Å². The number of ether oxygens (including phenoxy) is 3. The molecule has 1 saturated heterocycles. The first-order valence-electron chi connectivity index (χ1n) is 10.1. The second-order valence-electron chi connectivity index (χ2n) is 7.53. The molecule has 5 unspecified atom stereocenters. The highest BCUT2D eigenvalue weighted by Gasteiger charge is 2.45. The van der Waals surface area contributed by atoms with Crippen LogP contribution in [0.25, 0.3) is 6.08 Å². The van der Waals surface area contributed by atoms with E-state index in [9.17, 15) is 40.2 Å². The number of ketones is 1. The third-order valence-corrected chi connectivity index (χ3v) is 5.06. The average molecular weight is 476 g/mol. The highest BCUT2D eigenvalue weighted by molar-refractivity contribution is 6.09. The number of esters is 1. The van der Waals surface area contributed by atoms with E-state index in [1.807, 2.05) is 0 Å². The van der Waals surface area contributed by atoms with Gasteiger partial charge in [0, 0.05) is 6.92 Å². The Morgan fingerprint density at radius 2 is 1.62 bits per heavy atom. The van der Waals surface area contributed by atoms with Gasteiger partial charge in [0.1, 0.15) is 36.8 Å². The standard InChI is InChI=1S/C23H24O11/c1-11(24)32-10-17-20(29)21(30)22(31)23(34-17)33-16-9-7-14(18(27)19(16)28)15(26)8-4-12-2-5-13(25)6-3-12/h2-9,17,20-23,25,27-31H,10H2,1H3. The van der Waals surface area contributed by atoms with Crippen LogP contribution < -0.4 is 4.74 Å². The normalized spacial score (nSPS) is 24.6. The number of benzene rings is 2. The minimum absolute atomic E-state index is 0.0634. The molecule has 2 aromatic rings. The van der Waals surface area contributed by atoms with E-state index in [0.29, 0.717) is 5.56 Å². The molecule has 0 aromatic heterocycles. The second kappa shape index (κ2) is 10.5. The lowest BCUT2D eigenvalue weighted by Gasteiger charge is -2.39. The number of phenols is 3. The maximum absolute atomic E-state index is 12.4. The lowest BCUT2D eigenvalue weighted by Crippen LogP contribution is -2.60. The largest absolute Gasteiger partial charge is 0.508 e. The molecular weight excluding hydrogens is 452 g/mol. The summed E-state index contributed by atoms with van der Waals surface area (Å²) >= 11 is 0. The first-order valence-corrected chi connectivity index (χ1v) is 10.1. The summed E-state index contributed by atoms with van der Waals surface area (Å²) < 4.78 is 15.5. The Balaban J connectivity index is 1.75. The molecule has 6 N–H and O–H groups in total. The topological polar surface area (TPSA) is 183 Å². The molecule has 1 aliphatic heterocycles. The number of rotatable bonds is 7. The van der Waals surface area contributed by atoms with Crippen molar-refractivity contribution in [2.45, 2.75) is 37.6 Å². The lowest BCUT2D eigenvalue weighted by atomic mass is 9.99. The van der Waals surface area contributed by atoms with E-state index in [-0.39, 0.29) is 17.1 Å². The number of carbonyl (C=O) groups excluding carboxylic acids is 2. The number of aliphatic hydroxyl groups is 3. The van der Waals surface area contributed by atoms with E-state index in [2.05, 4.69) is 0 Å². The monoisotopic (exact) mass is 476 g/mol. The first-order chi connectivity index (χ1) is 16.1. The van der Waals surface area contributed by atoms with Crippen LogP contribution in [0.15, 0.2) is 42.5 Å². The van der Waals surface area contributed by atoms with Crippen LogP contribution >= 0.6 is 0 Å². The zero-order valence-corrected chi connectivity index (χ0v) is 17.9. The molecule has 1 heterocycles. The molecule has 0 radical (unpaired) electrons. The molecule has 182 valence electrons. The number of aliphatic hydroxyl groups excluding tert-OH is 3. The second-order valence-corrected chi connectivity index (χ2v) is 7.53. The van der Waals surface area contributed by atoms with Gasteiger partial charge in [-0.2, -0.15) is 0 Å². The van der Waals surface area contributed by atoms with Crippen LogP contribution in [-0.2, 0) is 14.3 Å². The first kappa shape index (κ1) is 25.0. The molecule has 0 bridgehead atoms. The van der Waals surface area contributed by atoms with Crippen LogP contribution in [0, 0.1) is 0 Å². The number of allylic oxidation sites excluding steroid dienone is 1. The molecule has 11 heteroatoms. The Morgan fingerprint density at radius 3 is 2.26 bits per heavy atom. The lowest BCUT2D eigenvalue weighted by molar-refractivity contribution is -0.278. The number of hydrogen-bond donors (Lipinski definition) is 6. The molecule has 34 heavy (non-hydrogen) atoms. The van der Waals surface area contributed by atoms with Gasteiger partial charge in [-0.15, -0.1) is 0 Å². The third kappa shape index (κ3) is 5.64. The van der Waals surface area contributed by atoms with Crippen LogP contribution in [0.2, 0.25) is 0 Å². The molecule has 3 rings (SSSR count). The summed E-state index contributed by atoms with van der Waals surface area (Å²) in [6, 6.07) is 8.34. The number of hydrogen-bond acceptors (Lipinski definition) is 11. The van der Waals surface area contributed by atoms with Crippen LogP contribution in [0.3, 0.4) is 0 Å². The van der Waals surface area contributed by atoms with E-state index in [0.717, 1.165) is 19.1 Å². The van der Waals surface area contributed by atoms with E-state index in [1.54, 1.807) is 12.1 Å². The number of carbonyl (C=O) groups is 2. The Hall–Kier alpha value is -3.64. The van der Waals surface area contributed by atoms with Crippen molar-refractivity contribution < 1.29 is 54.4 Å². The minimum Gasteiger partial charge on any atom is -0.508 e. The van der Waals surface area contributed by atoms with Crippen molar-refractivity contribution in [3.8, 4) is 23.0 Å². The molecule has 0 saturated carbocycles. The minimum atomic E-state index is -1.75. The van der Waals surface area contributed by atoms with Gasteiger partial charge in [-0.05, 0) is 35.9 Å². The molecule has 2 aromatic carbocycles. The van der Waals surface area contributed by atoms with Gasteiger partial charge in [-0.1, -0.05) is 18.2 Å². The Bertz CT molecular complexity index is 1060. The van der Waals surface area contributed by atoms with E-state index in [1.165, 1.54) is 24.3 Å². The summed E-state index contributed by atoms with van der Waals surface area (Å²) in [6.45, 7) is 0.705. The quantitative estimate of drug-likeness (QED) is 0.141. The van der Waals surface area contributed by atoms with Gasteiger partial charge in [0.25, 0.3) is 0 Å². The molecule has 1 fully saturated rings. The summed E-state index contributed by atoms with van der Waals surface area (Å²) in [5.74, 6) is -3.22. The fraction of sp³-hybridized carbons (Fsp3) is 0.304. The van der Waals surface area contributed by atoms with Crippen LogP contribution in [0.5, 0.6) is 23.0 Å². The Kier molecular flexibility index (Phi) is 7.74. The van der Waals surface area contributed by atoms with Crippen LogP contribution in [0.1, 0.15) is 22.8 Å². The molecule has 11 nitrogen and oxygen atoms in total. The Morgan fingerprint density at radius 1 is 0.941 bits per heavy atom. The maximum Gasteiger partial charge on any atom is 0.302 e. The van der Waals surface area contributed by atoms with Crippen molar-refractivity contribution in [2.24, 2.45) is 0 Å². The fourth-order valence-corrected chi connectivity index (χ4v) is 3.18.